The number of carbonyl (C=O) groups is 1. The molecule has 0 aliphatic carbocycles. The lowest BCUT2D eigenvalue weighted by Gasteiger charge is -2.25. The zero-order valence-corrected chi connectivity index (χ0v) is 18.5. The number of fused-ring (bicyclic) bond motifs is 3. The van der Waals surface area contributed by atoms with Gasteiger partial charge in [0.15, 0.2) is 0 Å². The molecule has 0 atom stereocenters. The number of hydrogen-bond donors (Lipinski definition) is 1. The van der Waals surface area contributed by atoms with E-state index in [2.05, 4.69) is 26.8 Å². The Morgan fingerprint density at radius 3 is 3.00 bits per heavy atom. The number of carbonyl (C=O) groups excluding carboxylic acids is 1. The van der Waals surface area contributed by atoms with E-state index < -0.39 is 0 Å². The molecule has 1 N–H and O–H groups in total. The summed E-state index contributed by atoms with van der Waals surface area (Å²) in [6.45, 7) is 4.79. The van der Waals surface area contributed by atoms with Gasteiger partial charge in [0.25, 0.3) is 0 Å². The summed E-state index contributed by atoms with van der Waals surface area (Å²) in [7, 11) is 0. The van der Waals surface area contributed by atoms with Gasteiger partial charge >= 0.3 is 0 Å². The van der Waals surface area contributed by atoms with Crippen LogP contribution in [0.4, 0.5) is 11.5 Å². The van der Waals surface area contributed by atoms with E-state index in [0.29, 0.717) is 35.4 Å². The van der Waals surface area contributed by atoms with Crippen molar-refractivity contribution in [1.82, 2.24) is 19.9 Å². The monoisotopic (exact) mass is 463 g/mol. The number of nitrogens with zero attached hydrogens (tertiary/aromatic N) is 4. The molecule has 7 nitrogen and oxygen atoms in total. The first-order valence-electron chi connectivity index (χ1n) is 9.93. The van der Waals surface area contributed by atoms with Crippen LogP contribution in [0.1, 0.15) is 10.4 Å². The van der Waals surface area contributed by atoms with Crippen molar-refractivity contribution in [1.29, 1.82) is 0 Å². The van der Waals surface area contributed by atoms with Crippen molar-refractivity contribution in [2.45, 2.75) is 13.0 Å². The molecule has 3 aromatic heterocycles. The molecular formula is C23H18ClN5O2S. The van der Waals surface area contributed by atoms with E-state index in [-0.39, 0.29) is 5.91 Å². The van der Waals surface area contributed by atoms with Gasteiger partial charge in [0.2, 0.25) is 5.91 Å². The summed E-state index contributed by atoms with van der Waals surface area (Å²) in [4.78, 5) is 28.8. The number of amides is 1. The first kappa shape index (κ1) is 20.4. The van der Waals surface area contributed by atoms with Crippen LogP contribution in [0.25, 0.3) is 10.2 Å². The quantitative estimate of drug-likeness (QED) is 0.402. The highest BCUT2D eigenvalue weighted by Crippen LogP contribution is 2.39. The molecule has 9 heteroatoms. The maximum absolute atomic E-state index is 12.0. The van der Waals surface area contributed by atoms with Gasteiger partial charge in [0.1, 0.15) is 28.5 Å². The van der Waals surface area contributed by atoms with E-state index in [1.54, 1.807) is 53.2 Å². The minimum Gasteiger partial charge on any atom is -0.454 e. The molecule has 1 amide bonds. The molecule has 32 heavy (non-hydrogen) atoms. The summed E-state index contributed by atoms with van der Waals surface area (Å²) in [5.74, 6) is 1.81. The SMILES string of the molecule is C=CC(=O)N1CCc2c(sc3ncnc(Nc4ccc(Oc5cccnc5)c(Cl)c4)c23)C1. The Morgan fingerprint density at radius 1 is 1.31 bits per heavy atom. The van der Waals surface area contributed by atoms with E-state index in [1.807, 2.05) is 12.1 Å². The van der Waals surface area contributed by atoms with Gasteiger partial charge in [-0.05, 0) is 48.4 Å². The molecule has 0 saturated carbocycles. The van der Waals surface area contributed by atoms with Crippen LogP contribution >= 0.6 is 22.9 Å². The number of halogens is 1. The van der Waals surface area contributed by atoms with Crippen LogP contribution in [0.15, 0.2) is 61.7 Å². The second kappa shape index (κ2) is 8.57. The molecule has 0 bridgehead atoms. The normalized spacial score (nSPS) is 13.0. The Labute approximate surface area is 193 Å². The Morgan fingerprint density at radius 2 is 2.22 bits per heavy atom. The number of aromatic nitrogens is 3. The lowest BCUT2D eigenvalue weighted by atomic mass is 10.0. The predicted octanol–water partition coefficient (Wildman–Crippen LogP) is 5.35. The number of thiophene rings is 1. The van der Waals surface area contributed by atoms with Gasteiger partial charge in [0, 0.05) is 23.3 Å². The minimum atomic E-state index is -0.0548. The molecule has 160 valence electrons. The molecule has 0 saturated heterocycles. The van der Waals surface area contributed by atoms with Gasteiger partial charge in [-0.25, -0.2) is 9.97 Å². The topological polar surface area (TPSA) is 80.2 Å². The second-order valence-electron chi connectivity index (χ2n) is 7.18. The van der Waals surface area contributed by atoms with Crippen LogP contribution in [0.3, 0.4) is 0 Å². The number of rotatable bonds is 5. The summed E-state index contributed by atoms with van der Waals surface area (Å²) in [6.07, 6.45) is 6.96. The van der Waals surface area contributed by atoms with Gasteiger partial charge in [-0.1, -0.05) is 18.2 Å². The van der Waals surface area contributed by atoms with Crippen LogP contribution < -0.4 is 10.1 Å². The van der Waals surface area contributed by atoms with Crippen molar-refractivity contribution in [3.8, 4) is 11.5 Å². The minimum absolute atomic E-state index is 0.0548. The molecule has 4 heterocycles. The van der Waals surface area contributed by atoms with Crippen molar-refractivity contribution >= 4 is 50.6 Å². The fraction of sp³-hybridized carbons (Fsp3) is 0.130. The lowest BCUT2D eigenvalue weighted by molar-refractivity contribution is -0.126. The molecule has 0 spiro atoms. The van der Waals surface area contributed by atoms with Gasteiger partial charge in [-0.3, -0.25) is 9.78 Å². The van der Waals surface area contributed by atoms with Gasteiger partial charge < -0.3 is 15.0 Å². The van der Waals surface area contributed by atoms with Crippen LogP contribution in [-0.4, -0.2) is 32.3 Å². The fourth-order valence-corrected chi connectivity index (χ4v) is 5.09. The summed E-state index contributed by atoms with van der Waals surface area (Å²) in [6, 6.07) is 9.10. The molecule has 1 aliphatic heterocycles. The van der Waals surface area contributed by atoms with E-state index in [4.69, 9.17) is 16.3 Å². The summed E-state index contributed by atoms with van der Waals surface area (Å²) >= 11 is 8.05. The molecule has 1 aromatic carbocycles. The van der Waals surface area contributed by atoms with Crippen LogP contribution in [-0.2, 0) is 17.8 Å². The molecule has 5 rings (SSSR count). The first-order chi connectivity index (χ1) is 15.6. The van der Waals surface area contributed by atoms with Gasteiger partial charge in [0.05, 0.1) is 23.2 Å². The number of anilines is 2. The Kier molecular flexibility index (Phi) is 5.46. The Balaban J connectivity index is 1.42. The maximum atomic E-state index is 12.0. The largest absolute Gasteiger partial charge is 0.454 e. The average molecular weight is 464 g/mol. The first-order valence-corrected chi connectivity index (χ1v) is 11.1. The smallest absolute Gasteiger partial charge is 0.246 e. The van der Waals surface area contributed by atoms with E-state index in [0.717, 1.165) is 27.2 Å². The zero-order chi connectivity index (χ0) is 22.1. The standard InChI is InChI=1S/C23H18ClN5O2S/c1-2-20(30)29-9-7-16-19(12-29)32-23-21(16)22(26-13-27-23)28-14-5-6-18(17(24)10-14)31-15-4-3-8-25-11-15/h2-6,8,10-11,13H,1,7,9,12H2,(H,26,27,28). The predicted molar refractivity (Wildman–Crippen MR) is 126 cm³/mol. The number of ether oxygens (including phenoxy) is 1. The highest BCUT2D eigenvalue weighted by atomic mass is 35.5. The fourth-order valence-electron chi connectivity index (χ4n) is 3.67. The Hall–Kier alpha value is -3.49. The van der Waals surface area contributed by atoms with Crippen molar-refractivity contribution in [3.05, 3.63) is 77.2 Å². The van der Waals surface area contributed by atoms with E-state index in [1.165, 1.54) is 11.6 Å². The summed E-state index contributed by atoms with van der Waals surface area (Å²) in [5, 5.41) is 4.83. The van der Waals surface area contributed by atoms with Crippen molar-refractivity contribution < 1.29 is 9.53 Å². The third kappa shape index (κ3) is 3.90. The zero-order valence-electron chi connectivity index (χ0n) is 16.9. The third-order valence-electron chi connectivity index (χ3n) is 5.18. The third-order valence-corrected chi connectivity index (χ3v) is 6.60. The van der Waals surface area contributed by atoms with Crippen LogP contribution in [0.5, 0.6) is 11.5 Å². The van der Waals surface area contributed by atoms with Crippen LogP contribution in [0, 0.1) is 0 Å². The lowest BCUT2D eigenvalue weighted by Crippen LogP contribution is -2.34. The van der Waals surface area contributed by atoms with Crippen molar-refractivity contribution in [2.75, 3.05) is 11.9 Å². The summed E-state index contributed by atoms with van der Waals surface area (Å²) < 4.78 is 5.80. The van der Waals surface area contributed by atoms with Gasteiger partial charge in [-0.15, -0.1) is 11.3 Å². The number of nitrogens with one attached hydrogen (secondary N) is 1. The summed E-state index contributed by atoms with van der Waals surface area (Å²) in [5.41, 5.74) is 1.97. The molecule has 4 aromatic rings. The molecule has 0 radical (unpaired) electrons. The van der Waals surface area contributed by atoms with E-state index in [9.17, 15) is 4.79 Å². The number of hydrogen-bond acceptors (Lipinski definition) is 7. The van der Waals surface area contributed by atoms with Crippen molar-refractivity contribution in [3.63, 3.8) is 0 Å². The molecular weight excluding hydrogens is 446 g/mol. The number of benzene rings is 1. The van der Waals surface area contributed by atoms with Crippen LogP contribution in [0.2, 0.25) is 5.02 Å². The molecule has 0 unspecified atom stereocenters. The van der Waals surface area contributed by atoms with E-state index >= 15 is 0 Å². The highest BCUT2D eigenvalue weighted by Gasteiger charge is 2.25. The average Bonchev–Trinajstić information content (AvgIpc) is 3.20. The highest BCUT2D eigenvalue weighted by molar-refractivity contribution is 7.19. The van der Waals surface area contributed by atoms with Gasteiger partial charge in [-0.2, -0.15) is 0 Å². The van der Waals surface area contributed by atoms with Crippen molar-refractivity contribution in [2.24, 2.45) is 0 Å². The Bertz CT molecular complexity index is 1320. The second-order valence-corrected chi connectivity index (χ2v) is 8.67. The molecule has 0 fully saturated rings. The number of pyridine rings is 1. The maximum Gasteiger partial charge on any atom is 0.246 e. The molecule has 1 aliphatic rings.